The molecule has 0 aliphatic rings. The van der Waals surface area contributed by atoms with Crippen molar-refractivity contribution in [1.82, 2.24) is 0 Å². The van der Waals surface area contributed by atoms with Gasteiger partial charge in [-0.3, -0.25) is 0 Å². The number of benzene rings is 1. The summed E-state index contributed by atoms with van der Waals surface area (Å²) in [6, 6.07) is 1.04. The van der Waals surface area contributed by atoms with Crippen LogP contribution in [-0.2, 0) is 0 Å². The molecule has 1 N–H and O–H groups in total. The summed E-state index contributed by atoms with van der Waals surface area (Å²) in [6.07, 6.45) is -1.41. The number of hydrogen-bond donors (Lipinski definition) is 1. The van der Waals surface area contributed by atoms with E-state index in [9.17, 15) is 18.3 Å². The second-order valence-electron chi connectivity index (χ2n) is 3.79. The minimum Gasteiger partial charge on any atom is -0.383 e. The van der Waals surface area contributed by atoms with Crippen LogP contribution in [0.25, 0.3) is 0 Å². The highest BCUT2D eigenvalue weighted by Gasteiger charge is 2.22. The molecule has 0 amide bonds. The lowest BCUT2D eigenvalue weighted by Crippen LogP contribution is -2.03. The van der Waals surface area contributed by atoms with Crippen molar-refractivity contribution in [2.75, 3.05) is 0 Å². The van der Waals surface area contributed by atoms with Gasteiger partial charge in [-0.15, -0.1) is 11.3 Å². The summed E-state index contributed by atoms with van der Waals surface area (Å²) in [5, 5.41) is 12.0. The highest BCUT2D eigenvalue weighted by Crippen LogP contribution is 2.36. The van der Waals surface area contributed by atoms with Crippen LogP contribution in [-0.4, -0.2) is 5.11 Å². The summed E-state index contributed by atoms with van der Waals surface area (Å²) in [4.78, 5) is 0.305. The predicted octanol–water partition coefficient (Wildman–Crippen LogP) is 4.21. The van der Waals surface area contributed by atoms with Crippen LogP contribution in [0.2, 0.25) is 5.02 Å². The van der Waals surface area contributed by atoms with Crippen molar-refractivity contribution < 1.29 is 18.3 Å². The maximum absolute atomic E-state index is 13.5. The topological polar surface area (TPSA) is 20.2 Å². The van der Waals surface area contributed by atoms with Crippen LogP contribution < -0.4 is 0 Å². The average molecular weight is 293 g/mol. The largest absolute Gasteiger partial charge is 0.383 e. The number of aliphatic hydroxyl groups is 1. The Hall–Kier alpha value is -1.04. The Kier molecular flexibility index (Phi) is 3.66. The second kappa shape index (κ2) is 4.91. The third-order valence-electron chi connectivity index (χ3n) is 2.51. The van der Waals surface area contributed by atoms with Gasteiger partial charge in [0.1, 0.15) is 11.9 Å². The van der Waals surface area contributed by atoms with Gasteiger partial charge in [-0.25, -0.2) is 13.2 Å². The Balaban J connectivity index is 2.49. The number of aliphatic hydroxyl groups excluding tert-OH is 1. The van der Waals surface area contributed by atoms with Gasteiger partial charge in [0.15, 0.2) is 11.6 Å². The maximum atomic E-state index is 13.5. The van der Waals surface area contributed by atoms with Crippen molar-refractivity contribution in [1.29, 1.82) is 0 Å². The van der Waals surface area contributed by atoms with Gasteiger partial charge in [0.05, 0.1) is 9.90 Å². The molecule has 1 atom stereocenters. The first-order valence-electron chi connectivity index (χ1n) is 4.97. The lowest BCUT2D eigenvalue weighted by molar-refractivity contribution is 0.217. The molecule has 2 aromatic rings. The first-order valence-corrected chi connectivity index (χ1v) is 6.23. The van der Waals surface area contributed by atoms with Crippen molar-refractivity contribution in [2.24, 2.45) is 0 Å². The molecule has 2 rings (SSSR count). The zero-order valence-electron chi connectivity index (χ0n) is 9.18. The van der Waals surface area contributed by atoms with Crippen molar-refractivity contribution in [3.05, 3.63) is 56.0 Å². The van der Waals surface area contributed by atoms with Gasteiger partial charge in [-0.2, -0.15) is 0 Å². The molecular weight excluding hydrogens is 285 g/mol. The van der Waals surface area contributed by atoms with E-state index in [0.29, 0.717) is 22.0 Å². The van der Waals surface area contributed by atoms with Crippen LogP contribution in [0, 0.1) is 24.4 Å². The zero-order chi connectivity index (χ0) is 13.4. The van der Waals surface area contributed by atoms with Crippen LogP contribution in [0.15, 0.2) is 17.5 Å². The van der Waals surface area contributed by atoms with E-state index in [1.165, 1.54) is 0 Å². The molecule has 0 aliphatic carbocycles. The first kappa shape index (κ1) is 13.4. The molecule has 96 valence electrons. The molecule has 0 aliphatic heterocycles. The van der Waals surface area contributed by atoms with E-state index < -0.39 is 23.6 Å². The number of thiophene rings is 1. The Morgan fingerprint density at radius 2 is 1.78 bits per heavy atom. The van der Waals surface area contributed by atoms with Crippen LogP contribution in [0.3, 0.4) is 0 Å². The van der Waals surface area contributed by atoms with Crippen molar-refractivity contribution in [3.8, 4) is 0 Å². The van der Waals surface area contributed by atoms with Gasteiger partial charge in [0, 0.05) is 11.6 Å². The van der Waals surface area contributed by atoms with Gasteiger partial charge < -0.3 is 5.11 Å². The molecule has 0 fully saturated rings. The van der Waals surface area contributed by atoms with Gasteiger partial charge >= 0.3 is 0 Å². The molecule has 0 spiro atoms. The van der Waals surface area contributed by atoms with Crippen LogP contribution in [0.5, 0.6) is 0 Å². The van der Waals surface area contributed by atoms with E-state index in [4.69, 9.17) is 11.6 Å². The minimum absolute atomic E-state index is 0.302. The molecule has 0 radical (unpaired) electrons. The van der Waals surface area contributed by atoms with E-state index >= 15 is 0 Å². The Morgan fingerprint density at radius 3 is 2.33 bits per heavy atom. The van der Waals surface area contributed by atoms with E-state index in [1.807, 2.05) is 0 Å². The van der Waals surface area contributed by atoms with Crippen LogP contribution >= 0.6 is 22.9 Å². The van der Waals surface area contributed by atoms with E-state index in [-0.39, 0.29) is 5.56 Å². The maximum Gasteiger partial charge on any atom is 0.161 e. The van der Waals surface area contributed by atoms with Crippen LogP contribution in [0.1, 0.15) is 22.1 Å². The molecule has 1 nitrogen and oxygen atoms in total. The fourth-order valence-corrected chi connectivity index (χ4v) is 2.82. The van der Waals surface area contributed by atoms with Crippen molar-refractivity contribution in [2.45, 2.75) is 13.0 Å². The quantitative estimate of drug-likeness (QED) is 0.822. The molecule has 1 heterocycles. The molecule has 18 heavy (non-hydrogen) atoms. The highest BCUT2D eigenvalue weighted by atomic mass is 35.5. The summed E-state index contributed by atoms with van der Waals surface area (Å²) in [5.74, 6) is -3.52. The van der Waals surface area contributed by atoms with Crippen molar-refractivity contribution >= 4 is 22.9 Å². The predicted molar refractivity (Wildman–Crippen MR) is 64.4 cm³/mol. The number of aryl methyl sites for hydroxylation is 1. The SMILES string of the molecule is Cc1csc(C(O)c2cc(F)c(F)cc2F)c1Cl. The Morgan fingerprint density at radius 1 is 1.17 bits per heavy atom. The van der Waals surface area contributed by atoms with E-state index in [2.05, 4.69) is 0 Å². The van der Waals surface area contributed by atoms with Crippen LogP contribution in [0.4, 0.5) is 13.2 Å². The normalized spacial score (nSPS) is 12.8. The molecule has 6 heteroatoms. The summed E-state index contributed by atoms with van der Waals surface area (Å²) in [5.41, 5.74) is 0.399. The fourth-order valence-electron chi connectivity index (χ4n) is 1.52. The molecule has 1 aromatic heterocycles. The molecule has 0 saturated heterocycles. The fraction of sp³-hybridized carbons (Fsp3) is 0.167. The second-order valence-corrected chi connectivity index (χ2v) is 5.08. The van der Waals surface area contributed by atoms with Gasteiger partial charge in [0.25, 0.3) is 0 Å². The lowest BCUT2D eigenvalue weighted by atomic mass is 10.1. The summed E-state index contributed by atoms with van der Waals surface area (Å²) < 4.78 is 39.3. The summed E-state index contributed by atoms with van der Waals surface area (Å²) in [7, 11) is 0. The van der Waals surface area contributed by atoms with E-state index in [1.54, 1.807) is 12.3 Å². The molecule has 0 bridgehead atoms. The molecule has 1 unspecified atom stereocenters. The van der Waals surface area contributed by atoms with Gasteiger partial charge in [0.2, 0.25) is 0 Å². The number of rotatable bonds is 2. The van der Waals surface area contributed by atoms with Gasteiger partial charge in [-0.05, 0) is 23.9 Å². The van der Waals surface area contributed by atoms with E-state index in [0.717, 1.165) is 16.9 Å². The minimum atomic E-state index is -1.41. The first-order chi connectivity index (χ1) is 8.41. The standard InChI is InChI=1S/C12H8ClF3OS/c1-5-4-18-12(10(5)13)11(17)6-2-8(15)9(16)3-7(6)14/h2-4,11,17H,1H3. The number of halogens is 4. The number of hydrogen-bond acceptors (Lipinski definition) is 2. The Bertz CT molecular complexity index is 597. The average Bonchev–Trinajstić information content (AvgIpc) is 2.64. The molecular formula is C12H8ClF3OS. The Labute approximate surface area is 110 Å². The highest BCUT2D eigenvalue weighted by molar-refractivity contribution is 7.10. The summed E-state index contributed by atoms with van der Waals surface area (Å²) >= 11 is 7.07. The third kappa shape index (κ3) is 2.25. The zero-order valence-corrected chi connectivity index (χ0v) is 10.7. The van der Waals surface area contributed by atoms with Gasteiger partial charge in [-0.1, -0.05) is 11.6 Å². The third-order valence-corrected chi connectivity index (χ3v) is 4.27. The lowest BCUT2D eigenvalue weighted by Gasteiger charge is -2.11. The van der Waals surface area contributed by atoms with Crippen molar-refractivity contribution in [3.63, 3.8) is 0 Å². The molecule has 0 saturated carbocycles. The smallest absolute Gasteiger partial charge is 0.161 e. The summed E-state index contributed by atoms with van der Waals surface area (Å²) in [6.45, 7) is 1.73. The molecule has 1 aromatic carbocycles. The monoisotopic (exact) mass is 292 g/mol.